The van der Waals surface area contributed by atoms with E-state index in [-0.39, 0.29) is 18.1 Å². The Balaban J connectivity index is 1.88. The fraction of sp³-hybridized carbons (Fsp3) is 0.250. The third-order valence-corrected chi connectivity index (χ3v) is 5.24. The van der Waals surface area contributed by atoms with Gasteiger partial charge in [-0.25, -0.2) is 4.79 Å². The van der Waals surface area contributed by atoms with E-state index in [4.69, 9.17) is 4.74 Å². The van der Waals surface area contributed by atoms with Gasteiger partial charge in [0.25, 0.3) is 0 Å². The maximum atomic E-state index is 12.5. The van der Waals surface area contributed by atoms with Gasteiger partial charge in [-0.1, -0.05) is 0 Å². The molecule has 0 saturated carbocycles. The molecule has 3 rings (SSSR count). The van der Waals surface area contributed by atoms with Gasteiger partial charge in [-0.3, -0.25) is 0 Å². The van der Waals surface area contributed by atoms with Crippen LogP contribution in [0.2, 0.25) is 0 Å². The molecule has 5 nitrogen and oxygen atoms in total. The van der Waals surface area contributed by atoms with Crippen LogP contribution in [0.4, 0.5) is 13.2 Å². The molecular weight excluding hydrogens is 407 g/mol. The highest BCUT2D eigenvalue weighted by Crippen LogP contribution is 2.34. The van der Waals surface area contributed by atoms with Crippen LogP contribution in [0.1, 0.15) is 23.0 Å². The van der Waals surface area contributed by atoms with Crippen LogP contribution in [0.25, 0.3) is 10.9 Å². The molecule has 0 fully saturated rings. The molecule has 0 atom stereocenters. The van der Waals surface area contributed by atoms with E-state index < -0.39 is 12.3 Å². The first kappa shape index (κ1) is 20.9. The number of fused-ring (bicyclic) bond motifs is 1. The van der Waals surface area contributed by atoms with Gasteiger partial charge in [0.15, 0.2) is 0 Å². The number of nitrogens with zero attached hydrogens (tertiary/aromatic N) is 1. The molecular formula is C20H18F3NO4S. The van der Waals surface area contributed by atoms with Crippen LogP contribution in [-0.2, 0) is 17.5 Å². The Morgan fingerprint density at radius 3 is 2.48 bits per heavy atom. The first-order chi connectivity index (χ1) is 13.7. The number of phenolic OH excluding ortho intramolecular Hbond substituents is 1. The lowest BCUT2D eigenvalue weighted by Gasteiger charge is -2.10. The molecule has 0 aliphatic carbocycles. The quantitative estimate of drug-likeness (QED) is 0.432. The molecule has 1 aromatic heterocycles. The van der Waals surface area contributed by atoms with E-state index in [0.29, 0.717) is 27.3 Å². The van der Waals surface area contributed by atoms with Gasteiger partial charge in [0, 0.05) is 34.3 Å². The minimum absolute atomic E-state index is 0.0353. The summed E-state index contributed by atoms with van der Waals surface area (Å²) in [5, 5.41) is 10.4. The number of alkyl halides is 3. The molecule has 0 spiro atoms. The summed E-state index contributed by atoms with van der Waals surface area (Å²) in [6, 6.07) is 10.3. The lowest BCUT2D eigenvalue weighted by molar-refractivity contribution is -0.274. The maximum absolute atomic E-state index is 12.5. The largest absolute Gasteiger partial charge is 0.573 e. The second-order valence-electron chi connectivity index (χ2n) is 6.11. The Hall–Kier alpha value is -2.81. The van der Waals surface area contributed by atoms with Gasteiger partial charge in [0.05, 0.1) is 12.2 Å². The average molecular weight is 425 g/mol. The van der Waals surface area contributed by atoms with E-state index in [9.17, 15) is 23.1 Å². The SMILES string of the molecule is CCOC(=O)c1c(CSc2ccc(OC(F)(F)F)cc2)n(C)c2ccc(O)cc12. The van der Waals surface area contributed by atoms with E-state index >= 15 is 0 Å². The number of carbonyl (C=O) groups excluding carboxylic acids is 1. The van der Waals surface area contributed by atoms with Crippen LogP contribution in [-0.4, -0.2) is 28.6 Å². The van der Waals surface area contributed by atoms with E-state index in [0.717, 1.165) is 5.52 Å². The number of ether oxygens (including phenoxy) is 2. The van der Waals surface area contributed by atoms with Gasteiger partial charge in [-0.15, -0.1) is 24.9 Å². The standard InChI is InChI=1S/C20H18F3NO4S/c1-3-27-19(26)18-15-10-12(25)4-9-16(15)24(2)17(18)11-29-14-7-5-13(6-8-14)28-20(21,22)23/h4-10,25H,3,11H2,1-2H3. The summed E-state index contributed by atoms with van der Waals surface area (Å²) < 4.78 is 47.7. The monoisotopic (exact) mass is 425 g/mol. The van der Waals surface area contributed by atoms with Gasteiger partial charge in [0.1, 0.15) is 11.5 Å². The molecule has 0 saturated heterocycles. The highest BCUT2D eigenvalue weighted by molar-refractivity contribution is 7.98. The molecule has 1 N–H and O–H groups in total. The van der Waals surface area contributed by atoms with Crippen molar-refractivity contribution in [2.24, 2.45) is 7.05 Å². The lowest BCUT2D eigenvalue weighted by atomic mass is 10.1. The van der Waals surface area contributed by atoms with E-state index in [1.807, 2.05) is 4.57 Å². The predicted molar refractivity (Wildman–Crippen MR) is 103 cm³/mol. The molecule has 3 aromatic rings. The smallest absolute Gasteiger partial charge is 0.508 e. The Morgan fingerprint density at radius 1 is 1.17 bits per heavy atom. The third kappa shape index (κ3) is 4.79. The number of phenols is 1. The molecule has 0 bridgehead atoms. The molecule has 1 heterocycles. The molecule has 9 heteroatoms. The van der Waals surface area contributed by atoms with Crippen molar-refractivity contribution in [1.29, 1.82) is 0 Å². The van der Waals surface area contributed by atoms with E-state index in [1.54, 1.807) is 20.0 Å². The summed E-state index contributed by atoms with van der Waals surface area (Å²) in [5.41, 5.74) is 1.81. The van der Waals surface area contributed by atoms with Gasteiger partial charge in [-0.2, -0.15) is 0 Å². The highest BCUT2D eigenvalue weighted by Gasteiger charge is 2.31. The van der Waals surface area contributed by atoms with Gasteiger partial charge in [-0.05, 0) is 49.4 Å². The zero-order valence-corrected chi connectivity index (χ0v) is 16.4. The minimum atomic E-state index is -4.74. The van der Waals surface area contributed by atoms with Crippen LogP contribution in [0.3, 0.4) is 0 Å². The molecule has 29 heavy (non-hydrogen) atoms. The first-order valence-electron chi connectivity index (χ1n) is 8.65. The average Bonchev–Trinajstić information content (AvgIpc) is 2.91. The van der Waals surface area contributed by atoms with Crippen LogP contribution in [0.5, 0.6) is 11.5 Å². The van der Waals surface area contributed by atoms with Gasteiger partial charge in [0.2, 0.25) is 0 Å². The van der Waals surface area contributed by atoms with Crippen molar-refractivity contribution in [1.82, 2.24) is 4.57 Å². The summed E-state index contributed by atoms with van der Waals surface area (Å²) in [5.74, 6) is -0.380. The maximum Gasteiger partial charge on any atom is 0.573 e. The molecule has 154 valence electrons. The molecule has 0 unspecified atom stereocenters. The highest BCUT2D eigenvalue weighted by atomic mass is 32.2. The van der Waals surface area contributed by atoms with Gasteiger partial charge >= 0.3 is 12.3 Å². The Kier molecular flexibility index (Phi) is 5.97. The summed E-state index contributed by atoms with van der Waals surface area (Å²) in [4.78, 5) is 13.3. The number of esters is 1. The van der Waals surface area contributed by atoms with Crippen LogP contribution in [0.15, 0.2) is 47.4 Å². The van der Waals surface area contributed by atoms with Crippen LogP contribution < -0.4 is 4.74 Å². The molecule has 0 aliphatic rings. The number of carbonyl (C=O) groups is 1. The Bertz CT molecular complexity index is 1030. The first-order valence-corrected chi connectivity index (χ1v) is 9.64. The summed E-state index contributed by atoms with van der Waals surface area (Å²) in [6.45, 7) is 1.92. The van der Waals surface area contributed by atoms with Crippen molar-refractivity contribution in [3.63, 3.8) is 0 Å². The second kappa shape index (κ2) is 8.28. The number of hydrogen-bond donors (Lipinski definition) is 1. The number of aryl methyl sites for hydroxylation is 1. The van der Waals surface area contributed by atoms with Crippen molar-refractivity contribution in [2.45, 2.75) is 23.9 Å². The number of aromatic hydroxyl groups is 1. The predicted octanol–water partition coefficient (Wildman–Crippen LogP) is 5.25. The lowest BCUT2D eigenvalue weighted by Crippen LogP contribution is -2.16. The number of benzene rings is 2. The third-order valence-electron chi connectivity index (χ3n) is 4.22. The van der Waals surface area contributed by atoms with Crippen molar-refractivity contribution in [3.05, 3.63) is 53.7 Å². The van der Waals surface area contributed by atoms with Crippen molar-refractivity contribution in [2.75, 3.05) is 6.61 Å². The van der Waals surface area contributed by atoms with Crippen molar-refractivity contribution in [3.8, 4) is 11.5 Å². The number of thioether (sulfide) groups is 1. The molecule has 0 radical (unpaired) electrons. The fourth-order valence-corrected chi connectivity index (χ4v) is 3.94. The zero-order valence-electron chi connectivity index (χ0n) is 15.6. The summed E-state index contributed by atoms with van der Waals surface area (Å²) >= 11 is 1.36. The molecule has 0 aliphatic heterocycles. The zero-order chi connectivity index (χ0) is 21.2. The number of hydrogen-bond acceptors (Lipinski definition) is 5. The molecule has 2 aromatic carbocycles. The number of rotatable bonds is 6. The number of halogens is 3. The molecule has 0 amide bonds. The normalized spacial score (nSPS) is 11.6. The fourth-order valence-electron chi connectivity index (χ4n) is 2.97. The van der Waals surface area contributed by atoms with Crippen LogP contribution >= 0.6 is 11.8 Å². The van der Waals surface area contributed by atoms with Crippen molar-refractivity contribution >= 4 is 28.6 Å². The van der Waals surface area contributed by atoms with Crippen LogP contribution in [0, 0.1) is 0 Å². The van der Waals surface area contributed by atoms with E-state index in [2.05, 4.69) is 4.74 Å². The summed E-state index contributed by atoms with van der Waals surface area (Å²) in [7, 11) is 1.80. The van der Waals surface area contributed by atoms with Gasteiger partial charge < -0.3 is 19.1 Å². The summed E-state index contributed by atoms with van der Waals surface area (Å²) in [6.07, 6.45) is -4.74. The van der Waals surface area contributed by atoms with Crippen molar-refractivity contribution < 1.29 is 32.5 Å². The topological polar surface area (TPSA) is 60.7 Å². The Labute approximate surface area is 169 Å². The van der Waals surface area contributed by atoms with E-state index in [1.165, 1.54) is 48.2 Å². The second-order valence-corrected chi connectivity index (χ2v) is 7.16. The Morgan fingerprint density at radius 2 is 1.86 bits per heavy atom. The minimum Gasteiger partial charge on any atom is -0.508 e. The number of aromatic nitrogens is 1.